The Labute approximate surface area is 180 Å². The summed E-state index contributed by atoms with van der Waals surface area (Å²) < 4.78 is 1.22. The van der Waals surface area contributed by atoms with Crippen molar-refractivity contribution in [3.05, 3.63) is 59.1 Å². The summed E-state index contributed by atoms with van der Waals surface area (Å²) in [5.74, 6) is 0.253. The van der Waals surface area contributed by atoms with Crippen LogP contribution in [-0.2, 0) is 4.79 Å². The van der Waals surface area contributed by atoms with E-state index in [0.717, 1.165) is 50.1 Å². The van der Waals surface area contributed by atoms with Crippen LogP contribution in [0.15, 0.2) is 48.0 Å². The van der Waals surface area contributed by atoms with Gasteiger partial charge in [-0.15, -0.1) is 11.3 Å². The average Bonchev–Trinajstić information content (AvgIpc) is 3.38. The molecule has 2 saturated heterocycles. The fourth-order valence-electron chi connectivity index (χ4n) is 4.93. The molecule has 152 valence electrons. The summed E-state index contributed by atoms with van der Waals surface area (Å²) >= 11 is 1.67. The van der Waals surface area contributed by atoms with Crippen molar-refractivity contribution in [3.8, 4) is 6.07 Å². The van der Waals surface area contributed by atoms with Gasteiger partial charge in [-0.3, -0.25) is 9.69 Å². The first-order valence-corrected chi connectivity index (χ1v) is 11.4. The van der Waals surface area contributed by atoms with Crippen LogP contribution in [0.25, 0.3) is 10.2 Å². The molecule has 0 bridgehead atoms. The second-order valence-electron chi connectivity index (χ2n) is 8.44. The van der Waals surface area contributed by atoms with Crippen molar-refractivity contribution >= 4 is 33.1 Å². The van der Waals surface area contributed by atoms with E-state index in [2.05, 4.69) is 41.1 Å². The van der Waals surface area contributed by atoms with E-state index in [0.29, 0.717) is 11.6 Å². The molecule has 0 saturated carbocycles. The second kappa shape index (κ2) is 7.50. The predicted octanol–water partition coefficient (Wildman–Crippen LogP) is 4.75. The lowest BCUT2D eigenvalue weighted by Gasteiger charge is -2.40. The maximum atomic E-state index is 13.3. The number of amides is 1. The lowest BCUT2D eigenvalue weighted by Crippen LogP contribution is -2.45. The third-order valence-corrected chi connectivity index (χ3v) is 7.77. The Morgan fingerprint density at radius 2 is 1.83 bits per heavy atom. The molecule has 1 atom stereocenters. The molecule has 5 rings (SSSR count). The lowest BCUT2D eigenvalue weighted by atomic mass is 9.76. The quantitative estimate of drug-likeness (QED) is 0.618. The molecule has 2 aromatic carbocycles. The van der Waals surface area contributed by atoms with Crippen LogP contribution in [0.3, 0.4) is 0 Å². The molecule has 3 heterocycles. The zero-order valence-corrected chi connectivity index (χ0v) is 17.9. The van der Waals surface area contributed by atoms with Crippen LogP contribution in [0.4, 0.5) is 5.69 Å². The van der Waals surface area contributed by atoms with Crippen molar-refractivity contribution in [3.63, 3.8) is 0 Å². The molecule has 0 aliphatic carbocycles. The Morgan fingerprint density at radius 1 is 1.10 bits per heavy atom. The Kier molecular flexibility index (Phi) is 4.80. The summed E-state index contributed by atoms with van der Waals surface area (Å²) in [7, 11) is 0. The Balaban J connectivity index is 1.27. The first-order valence-electron chi connectivity index (χ1n) is 10.5. The van der Waals surface area contributed by atoms with Gasteiger partial charge in [-0.25, -0.2) is 4.98 Å². The highest BCUT2D eigenvalue weighted by molar-refractivity contribution is 7.16. The highest BCUT2D eigenvalue weighted by Crippen LogP contribution is 2.44. The molecular formula is C24H24N4OS. The fourth-order valence-corrected chi connectivity index (χ4v) is 5.59. The number of rotatable bonds is 3. The largest absolute Gasteiger partial charge is 0.312 e. The van der Waals surface area contributed by atoms with Gasteiger partial charge in [0.2, 0.25) is 5.91 Å². The van der Waals surface area contributed by atoms with Crippen molar-refractivity contribution in [1.82, 2.24) is 9.88 Å². The van der Waals surface area contributed by atoms with Crippen molar-refractivity contribution in [2.75, 3.05) is 24.5 Å². The molecule has 1 aromatic heterocycles. The number of piperidine rings is 1. The molecule has 2 fully saturated rings. The maximum Gasteiger partial charge on any atom is 0.233 e. The summed E-state index contributed by atoms with van der Waals surface area (Å²) in [6, 6.07) is 16.4. The highest BCUT2D eigenvalue weighted by atomic mass is 32.1. The van der Waals surface area contributed by atoms with Crippen LogP contribution in [0.5, 0.6) is 0 Å². The monoisotopic (exact) mass is 416 g/mol. The molecule has 1 amide bonds. The molecule has 1 spiro atoms. The van der Waals surface area contributed by atoms with Gasteiger partial charge in [-0.2, -0.15) is 5.26 Å². The van der Waals surface area contributed by atoms with Gasteiger partial charge in [0.1, 0.15) is 0 Å². The second-order valence-corrected chi connectivity index (χ2v) is 9.32. The zero-order chi connectivity index (χ0) is 20.7. The van der Waals surface area contributed by atoms with E-state index in [9.17, 15) is 4.79 Å². The average molecular weight is 417 g/mol. The molecule has 6 heteroatoms. The minimum Gasteiger partial charge on any atom is -0.312 e. The molecule has 5 nitrogen and oxygen atoms in total. The molecule has 1 unspecified atom stereocenters. The Bertz CT molecular complexity index is 1120. The van der Waals surface area contributed by atoms with E-state index >= 15 is 0 Å². The summed E-state index contributed by atoms with van der Waals surface area (Å²) in [5, 5.41) is 9.00. The minimum atomic E-state index is -0.233. The van der Waals surface area contributed by atoms with Gasteiger partial charge >= 0.3 is 0 Å². The fraction of sp³-hybridized carbons (Fsp3) is 0.375. The molecule has 0 N–H and O–H groups in total. The van der Waals surface area contributed by atoms with Crippen molar-refractivity contribution in [1.29, 1.82) is 5.26 Å². The zero-order valence-electron chi connectivity index (χ0n) is 17.0. The van der Waals surface area contributed by atoms with E-state index in [4.69, 9.17) is 5.26 Å². The highest BCUT2D eigenvalue weighted by Gasteiger charge is 2.48. The van der Waals surface area contributed by atoms with Crippen LogP contribution in [0, 0.1) is 16.7 Å². The summed E-state index contributed by atoms with van der Waals surface area (Å²) in [6.07, 6.45) is 2.72. The van der Waals surface area contributed by atoms with Crippen molar-refractivity contribution in [2.24, 2.45) is 5.41 Å². The lowest BCUT2D eigenvalue weighted by molar-refractivity contribution is -0.128. The van der Waals surface area contributed by atoms with E-state index in [1.807, 2.05) is 22.5 Å². The molecule has 2 aliphatic heterocycles. The summed E-state index contributed by atoms with van der Waals surface area (Å²) in [4.78, 5) is 22.2. The minimum absolute atomic E-state index is 0.233. The number of aromatic nitrogens is 1. The number of benzene rings is 2. The number of carbonyl (C=O) groups is 1. The molecule has 30 heavy (non-hydrogen) atoms. The number of thiazole rings is 1. The maximum absolute atomic E-state index is 13.3. The Morgan fingerprint density at radius 3 is 2.57 bits per heavy atom. The van der Waals surface area contributed by atoms with Gasteiger partial charge in [-0.1, -0.05) is 6.07 Å². The van der Waals surface area contributed by atoms with E-state index < -0.39 is 0 Å². The third kappa shape index (κ3) is 3.19. The van der Waals surface area contributed by atoms with Gasteiger partial charge in [0.25, 0.3) is 0 Å². The molecule has 2 aliphatic rings. The summed E-state index contributed by atoms with van der Waals surface area (Å²) in [5.41, 5.74) is 5.56. The first kappa shape index (κ1) is 19.2. The molecule has 0 radical (unpaired) electrons. The van der Waals surface area contributed by atoms with Gasteiger partial charge in [0.15, 0.2) is 0 Å². The number of likely N-dealkylation sites (tertiary alicyclic amines) is 1. The number of hydrogen-bond donors (Lipinski definition) is 0. The van der Waals surface area contributed by atoms with Crippen molar-refractivity contribution < 1.29 is 4.79 Å². The predicted molar refractivity (Wildman–Crippen MR) is 119 cm³/mol. The normalized spacial score (nSPS) is 20.0. The van der Waals surface area contributed by atoms with Crippen LogP contribution >= 0.6 is 11.3 Å². The summed E-state index contributed by atoms with van der Waals surface area (Å²) in [6.45, 7) is 4.89. The van der Waals surface area contributed by atoms with Gasteiger partial charge in [0, 0.05) is 18.3 Å². The number of fused-ring (bicyclic) bond motifs is 1. The molecular weight excluding hydrogens is 392 g/mol. The van der Waals surface area contributed by atoms with Crippen LogP contribution < -0.4 is 4.90 Å². The van der Waals surface area contributed by atoms with Gasteiger partial charge in [0.05, 0.1) is 32.8 Å². The van der Waals surface area contributed by atoms with Gasteiger partial charge in [-0.05, 0) is 81.2 Å². The van der Waals surface area contributed by atoms with Crippen LogP contribution in [0.1, 0.15) is 43.4 Å². The van der Waals surface area contributed by atoms with Crippen LogP contribution in [0.2, 0.25) is 0 Å². The van der Waals surface area contributed by atoms with E-state index in [1.54, 1.807) is 23.5 Å². The van der Waals surface area contributed by atoms with E-state index in [1.165, 1.54) is 10.3 Å². The number of anilines is 1. The number of hydrogen-bond acceptors (Lipinski definition) is 5. The Hall–Kier alpha value is -2.75. The van der Waals surface area contributed by atoms with E-state index in [-0.39, 0.29) is 11.3 Å². The van der Waals surface area contributed by atoms with Crippen LogP contribution in [-0.4, -0.2) is 35.4 Å². The van der Waals surface area contributed by atoms with Gasteiger partial charge < -0.3 is 4.90 Å². The number of nitriles is 1. The van der Waals surface area contributed by atoms with Crippen molar-refractivity contribution in [2.45, 2.75) is 32.2 Å². The standard InChI is InChI=1S/C24H24N4OS/c1-17(19-4-7-22-21(14-19)26-16-30-22)27-11-8-24(9-12-27)10-13-28(23(24)29)20-5-2-18(15-25)3-6-20/h2-7,14,16-17H,8-13H2,1H3. The first-order chi connectivity index (χ1) is 14.6. The molecule has 3 aromatic rings. The SMILES string of the molecule is CC(c1ccc2scnc2c1)N1CCC2(CCN(c3ccc(C#N)cc3)C2=O)CC1. The third-order valence-electron chi connectivity index (χ3n) is 6.96. The topological polar surface area (TPSA) is 60.2 Å². The number of carbonyl (C=O) groups excluding carboxylic acids is 1. The smallest absolute Gasteiger partial charge is 0.233 e. The number of nitrogens with zero attached hydrogens (tertiary/aromatic N) is 4.